The Bertz CT molecular complexity index is 637. The van der Waals surface area contributed by atoms with Crippen LogP contribution in [0.1, 0.15) is 24.1 Å². The molecule has 0 saturated heterocycles. The summed E-state index contributed by atoms with van der Waals surface area (Å²) in [5.74, 6) is 0. The molecule has 0 aliphatic heterocycles. The number of nitrogens with zero attached hydrogens (tertiary/aromatic N) is 2. The molecule has 0 unspecified atom stereocenters. The average molecular weight is 266 g/mol. The molecule has 0 atom stereocenters. The summed E-state index contributed by atoms with van der Waals surface area (Å²) in [6.45, 7) is 2.08. The fraction of sp³-hybridized carbons (Fsp3) is 0.250. The molecule has 94 valence electrons. The highest BCUT2D eigenvalue weighted by molar-refractivity contribution is 8.00. The molecule has 1 fully saturated rings. The van der Waals surface area contributed by atoms with E-state index in [0.717, 1.165) is 16.0 Å². The quantitative estimate of drug-likeness (QED) is 0.836. The highest BCUT2D eigenvalue weighted by Gasteiger charge is 2.25. The first-order valence-electron chi connectivity index (χ1n) is 6.41. The largest absolute Gasteiger partial charge is 0.244 e. The molecular weight excluding hydrogens is 252 g/mol. The van der Waals surface area contributed by atoms with Crippen molar-refractivity contribution >= 4 is 11.8 Å². The third kappa shape index (κ3) is 2.64. The van der Waals surface area contributed by atoms with Gasteiger partial charge in [0, 0.05) is 11.4 Å². The van der Waals surface area contributed by atoms with Gasteiger partial charge in [0.05, 0.1) is 4.90 Å². The van der Waals surface area contributed by atoms with E-state index >= 15 is 0 Å². The first-order chi connectivity index (χ1) is 9.28. The van der Waals surface area contributed by atoms with Crippen LogP contribution in [0.25, 0.3) is 11.1 Å². The van der Waals surface area contributed by atoms with Crippen molar-refractivity contribution in [3.63, 3.8) is 0 Å². The predicted molar refractivity (Wildman–Crippen MR) is 78.0 cm³/mol. The van der Waals surface area contributed by atoms with E-state index in [2.05, 4.69) is 42.2 Å². The second-order valence-corrected chi connectivity index (χ2v) is 6.14. The maximum absolute atomic E-state index is 9.24. The molecule has 1 heterocycles. The van der Waals surface area contributed by atoms with Gasteiger partial charge in [0.15, 0.2) is 5.69 Å². The Balaban J connectivity index is 2.08. The second-order valence-electron chi connectivity index (χ2n) is 4.83. The van der Waals surface area contributed by atoms with Gasteiger partial charge >= 0.3 is 0 Å². The van der Waals surface area contributed by atoms with Crippen LogP contribution < -0.4 is 0 Å². The molecule has 3 heteroatoms. The molecule has 0 N–H and O–H groups in total. The lowest BCUT2D eigenvalue weighted by Crippen LogP contribution is -1.92. The normalized spacial score (nSPS) is 14.1. The lowest BCUT2D eigenvalue weighted by Gasteiger charge is -2.10. The van der Waals surface area contributed by atoms with E-state index in [0.29, 0.717) is 10.9 Å². The van der Waals surface area contributed by atoms with E-state index in [-0.39, 0.29) is 0 Å². The molecule has 1 aliphatic carbocycles. The molecule has 3 rings (SSSR count). The van der Waals surface area contributed by atoms with Gasteiger partial charge in [0.1, 0.15) is 6.07 Å². The second kappa shape index (κ2) is 5.07. The number of nitriles is 1. The maximum atomic E-state index is 9.24. The summed E-state index contributed by atoms with van der Waals surface area (Å²) >= 11 is 1.80. The molecule has 2 aromatic rings. The summed E-state index contributed by atoms with van der Waals surface area (Å²) in [5.41, 5.74) is 4.08. The van der Waals surface area contributed by atoms with Gasteiger partial charge in [-0.15, -0.1) is 11.8 Å². The van der Waals surface area contributed by atoms with Crippen LogP contribution in [-0.4, -0.2) is 10.2 Å². The zero-order valence-corrected chi connectivity index (χ0v) is 11.6. The van der Waals surface area contributed by atoms with Gasteiger partial charge in [-0.2, -0.15) is 5.26 Å². The van der Waals surface area contributed by atoms with Gasteiger partial charge in [-0.25, -0.2) is 4.98 Å². The van der Waals surface area contributed by atoms with Crippen LogP contribution in [-0.2, 0) is 0 Å². The first kappa shape index (κ1) is 12.3. The maximum Gasteiger partial charge on any atom is 0.154 e. The van der Waals surface area contributed by atoms with Crippen LogP contribution in [0.15, 0.2) is 41.4 Å². The number of thioether (sulfide) groups is 1. The van der Waals surface area contributed by atoms with Crippen molar-refractivity contribution in [2.75, 3.05) is 0 Å². The molecular formula is C16H14N2S. The molecule has 0 amide bonds. The van der Waals surface area contributed by atoms with E-state index in [1.165, 1.54) is 18.4 Å². The molecule has 2 nitrogen and oxygen atoms in total. The minimum Gasteiger partial charge on any atom is -0.244 e. The lowest BCUT2D eigenvalue weighted by atomic mass is 10.0. The minimum atomic E-state index is 0.551. The van der Waals surface area contributed by atoms with Crippen LogP contribution in [0, 0.1) is 18.3 Å². The lowest BCUT2D eigenvalue weighted by molar-refractivity contribution is 1.18. The van der Waals surface area contributed by atoms with Crippen LogP contribution in [0.2, 0.25) is 0 Å². The van der Waals surface area contributed by atoms with Crippen LogP contribution >= 0.6 is 11.8 Å². The standard InChI is InChI=1S/C16H14N2S/c1-11-2-4-12(5-3-11)14-8-9-18-15(10-17)16(14)19-13-6-7-13/h2-5,8-9,13H,6-7H2,1H3. The van der Waals surface area contributed by atoms with Crippen molar-refractivity contribution in [1.82, 2.24) is 4.98 Å². The van der Waals surface area contributed by atoms with Crippen LogP contribution in [0.4, 0.5) is 0 Å². The fourth-order valence-electron chi connectivity index (χ4n) is 1.96. The van der Waals surface area contributed by atoms with Gasteiger partial charge in [-0.1, -0.05) is 29.8 Å². The highest BCUT2D eigenvalue weighted by Crippen LogP contribution is 2.43. The summed E-state index contributed by atoms with van der Waals surface area (Å²) in [7, 11) is 0. The third-order valence-electron chi connectivity index (χ3n) is 3.18. The number of aryl methyl sites for hydroxylation is 1. The van der Waals surface area contributed by atoms with E-state index in [4.69, 9.17) is 0 Å². The molecule has 1 aromatic carbocycles. The van der Waals surface area contributed by atoms with Gasteiger partial charge < -0.3 is 0 Å². The van der Waals surface area contributed by atoms with E-state index < -0.39 is 0 Å². The van der Waals surface area contributed by atoms with Gasteiger partial charge in [-0.3, -0.25) is 0 Å². The van der Waals surface area contributed by atoms with Gasteiger partial charge in [0.2, 0.25) is 0 Å². The third-order valence-corrected chi connectivity index (χ3v) is 4.64. The smallest absolute Gasteiger partial charge is 0.154 e. The van der Waals surface area contributed by atoms with E-state index in [9.17, 15) is 5.26 Å². The van der Waals surface area contributed by atoms with E-state index in [1.807, 2.05) is 6.07 Å². The Morgan fingerprint density at radius 3 is 2.58 bits per heavy atom. The van der Waals surface area contributed by atoms with Crippen molar-refractivity contribution in [3.8, 4) is 17.2 Å². The molecule has 1 aliphatic rings. The zero-order valence-electron chi connectivity index (χ0n) is 10.8. The van der Waals surface area contributed by atoms with E-state index in [1.54, 1.807) is 18.0 Å². The number of hydrogen-bond acceptors (Lipinski definition) is 3. The number of hydrogen-bond donors (Lipinski definition) is 0. The molecule has 0 spiro atoms. The monoisotopic (exact) mass is 266 g/mol. The fourth-order valence-corrected chi connectivity index (χ4v) is 3.19. The summed E-state index contributed by atoms with van der Waals surface area (Å²) in [4.78, 5) is 5.24. The number of rotatable bonds is 3. The van der Waals surface area contributed by atoms with Crippen molar-refractivity contribution in [2.24, 2.45) is 0 Å². The Kier molecular flexibility index (Phi) is 3.27. The zero-order chi connectivity index (χ0) is 13.2. The molecule has 0 bridgehead atoms. The van der Waals surface area contributed by atoms with Gasteiger partial charge in [0.25, 0.3) is 0 Å². The number of aromatic nitrogens is 1. The Morgan fingerprint density at radius 2 is 1.95 bits per heavy atom. The summed E-state index contributed by atoms with van der Waals surface area (Å²) in [6, 6.07) is 12.7. The highest BCUT2D eigenvalue weighted by atomic mass is 32.2. The first-order valence-corrected chi connectivity index (χ1v) is 7.28. The van der Waals surface area contributed by atoms with Crippen LogP contribution in [0.5, 0.6) is 0 Å². The Labute approximate surface area is 117 Å². The van der Waals surface area contributed by atoms with Crippen molar-refractivity contribution < 1.29 is 0 Å². The topological polar surface area (TPSA) is 36.7 Å². The molecule has 0 radical (unpaired) electrons. The van der Waals surface area contributed by atoms with Gasteiger partial charge in [-0.05, 0) is 37.0 Å². The van der Waals surface area contributed by atoms with Crippen molar-refractivity contribution in [2.45, 2.75) is 29.9 Å². The molecule has 19 heavy (non-hydrogen) atoms. The molecule has 1 aromatic heterocycles. The predicted octanol–water partition coefficient (Wildman–Crippen LogP) is 4.18. The summed E-state index contributed by atoms with van der Waals surface area (Å²) < 4.78 is 0. The number of pyridine rings is 1. The van der Waals surface area contributed by atoms with Crippen molar-refractivity contribution in [3.05, 3.63) is 47.8 Å². The summed E-state index contributed by atoms with van der Waals surface area (Å²) in [6.07, 6.45) is 4.22. The summed E-state index contributed by atoms with van der Waals surface area (Å²) in [5, 5.41) is 9.91. The van der Waals surface area contributed by atoms with Crippen LogP contribution in [0.3, 0.4) is 0 Å². The average Bonchev–Trinajstić information content (AvgIpc) is 3.24. The van der Waals surface area contributed by atoms with Crippen molar-refractivity contribution in [1.29, 1.82) is 5.26 Å². The Hall–Kier alpha value is -1.79. The Morgan fingerprint density at radius 1 is 1.21 bits per heavy atom. The SMILES string of the molecule is Cc1ccc(-c2ccnc(C#N)c2SC2CC2)cc1. The molecule has 1 saturated carbocycles. The minimum absolute atomic E-state index is 0.551. The number of benzene rings is 1.